The van der Waals surface area contributed by atoms with E-state index in [1.807, 2.05) is 0 Å². The SMILES string of the molecule is C[C@@H](c1ccncc1)N(C)C(=O)N[C@@]1(C(F)(F)F)CCOC1. The maximum atomic E-state index is 13.2. The van der Waals surface area contributed by atoms with Gasteiger partial charge in [0.05, 0.1) is 12.6 Å². The predicted octanol–water partition coefficient (Wildman–Crippen LogP) is 2.51. The topological polar surface area (TPSA) is 54.5 Å². The first kappa shape index (κ1) is 16.5. The second-order valence-electron chi connectivity index (χ2n) is 5.38. The number of urea groups is 1. The summed E-state index contributed by atoms with van der Waals surface area (Å²) in [5, 5.41) is 2.10. The molecule has 0 aliphatic carbocycles. The lowest BCUT2D eigenvalue weighted by atomic mass is 9.98. The molecular formula is C14H18F3N3O2. The van der Waals surface area contributed by atoms with Crippen LogP contribution in [0.4, 0.5) is 18.0 Å². The average molecular weight is 317 g/mol. The van der Waals surface area contributed by atoms with Gasteiger partial charge in [-0.05, 0) is 24.6 Å². The molecule has 5 nitrogen and oxygen atoms in total. The summed E-state index contributed by atoms with van der Waals surface area (Å²) in [6, 6.07) is 2.27. The molecule has 2 heterocycles. The molecule has 1 aliphatic rings. The van der Waals surface area contributed by atoms with E-state index in [0.717, 1.165) is 5.56 Å². The van der Waals surface area contributed by atoms with Crippen molar-refractivity contribution in [1.29, 1.82) is 0 Å². The standard InChI is InChI=1S/C14H18F3N3O2/c1-10(11-3-6-18-7-4-11)20(2)12(21)19-13(14(15,16)17)5-8-22-9-13/h3-4,6-7,10H,5,8-9H2,1-2H3,(H,19,21)/t10-,13-/m0/s1. The Balaban J connectivity index is 2.11. The van der Waals surface area contributed by atoms with Crippen LogP contribution < -0.4 is 5.32 Å². The lowest BCUT2D eigenvalue weighted by Crippen LogP contribution is -2.61. The highest BCUT2D eigenvalue weighted by molar-refractivity contribution is 5.75. The maximum absolute atomic E-state index is 13.2. The highest BCUT2D eigenvalue weighted by atomic mass is 19.4. The monoisotopic (exact) mass is 317 g/mol. The summed E-state index contributed by atoms with van der Waals surface area (Å²) in [5.74, 6) is 0. The first-order valence-electron chi connectivity index (χ1n) is 6.86. The summed E-state index contributed by atoms with van der Waals surface area (Å²) < 4.78 is 44.6. The van der Waals surface area contributed by atoms with E-state index in [0.29, 0.717) is 0 Å². The summed E-state index contributed by atoms with van der Waals surface area (Å²) in [4.78, 5) is 17.3. The largest absolute Gasteiger partial charge is 0.413 e. The smallest absolute Gasteiger partial charge is 0.379 e. The minimum Gasteiger partial charge on any atom is -0.379 e. The van der Waals surface area contributed by atoms with Crippen molar-refractivity contribution in [2.45, 2.75) is 31.1 Å². The van der Waals surface area contributed by atoms with Gasteiger partial charge in [0, 0.05) is 32.5 Å². The van der Waals surface area contributed by atoms with Crippen LogP contribution in [-0.2, 0) is 4.74 Å². The van der Waals surface area contributed by atoms with Crippen LogP contribution in [0, 0.1) is 0 Å². The van der Waals surface area contributed by atoms with Gasteiger partial charge in [-0.3, -0.25) is 4.98 Å². The molecular weight excluding hydrogens is 299 g/mol. The zero-order chi connectivity index (χ0) is 16.4. The lowest BCUT2D eigenvalue weighted by molar-refractivity contribution is -0.192. The van der Waals surface area contributed by atoms with Crippen LogP contribution in [0.5, 0.6) is 0 Å². The Morgan fingerprint density at radius 3 is 2.59 bits per heavy atom. The predicted molar refractivity (Wildman–Crippen MR) is 73.2 cm³/mol. The lowest BCUT2D eigenvalue weighted by Gasteiger charge is -2.34. The molecule has 1 fully saturated rings. The summed E-state index contributed by atoms with van der Waals surface area (Å²) in [7, 11) is 1.46. The molecule has 22 heavy (non-hydrogen) atoms. The molecule has 0 radical (unpaired) electrons. The van der Waals surface area contributed by atoms with Gasteiger partial charge in [0.25, 0.3) is 0 Å². The number of amides is 2. The molecule has 1 aromatic heterocycles. The number of halogens is 3. The summed E-state index contributed by atoms with van der Waals surface area (Å²) in [6.45, 7) is 1.16. The number of nitrogens with zero attached hydrogens (tertiary/aromatic N) is 2. The molecule has 2 rings (SSSR count). The third-order valence-electron chi connectivity index (χ3n) is 4.00. The van der Waals surface area contributed by atoms with Crippen molar-refractivity contribution in [3.05, 3.63) is 30.1 Å². The molecule has 0 saturated carbocycles. The van der Waals surface area contributed by atoms with E-state index in [2.05, 4.69) is 10.3 Å². The van der Waals surface area contributed by atoms with Gasteiger partial charge in [-0.15, -0.1) is 0 Å². The fourth-order valence-corrected chi connectivity index (χ4v) is 2.29. The van der Waals surface area contributed by atoms with E-state index in [1.165, 1.54) is 11.9 Å². The minimum absolute atomic E-state index is 0.0244. The zero-order valence-corrected chi connectivity index (χ0v) is 12.4. The van der Waals surface area contributed by atoms with Crippen LogP contribution in [0.2, 0.25) is 0 Å². The van der Waals surface area contributed by atoms with Gasteiger partial charge in [0.1, 0.15) is 0 Å². The number of nitrogens with one attached hydrogen (secondary N) is 1. The van der Waals surface area contributed by atoms with Crippen molar-refractivity contribution < 1.29 is 22.7 Å². The second kappa shape index (κ2) is 6.12. The molecule has 1 aliphatic heterocycles. The Morgan fingerprint density at radius 2 is 2.09 bits per heavy atom. The van der Waals surface area contributed by atoms with E-state index >= 15 is 0 Å². The number of pyridine rings is 1. The van der Waals surface area contributed by atoms with Gasteiger partial charge >= 0.3 is 12.2 Å². The first-order valence-corrected chi connectivity index (χ1v) is 6.86. The zero-order valence-electron chi connectivity index (χ0n) is 12.4. The van der Waals surface area contributed by atoms with Crippen molar-refractivity contribution in [2.24, 2.45) is 0 Å². The van der Waals surface area contributed by atoms with Crippen LogP contribution in [0.1, 0.15) is 24.9 Å². The first-order chi connectivity index (χ1) is 10.3. The van der Waals surface area contributed by atoms with Crippen molar-refractivity contribution in [1.82, 2.24) is 15.2 Å². The number of ether oxygens (including phenoxy) is 1. The van der Waals surface area contributed by atoms with Gasteiger partial charge in [-0.25, -0.2) is 4.79 Å². The molecule has 1 aromatic rings. The molecule has 122 valence electrons. The number of aromatic nitrogens is 1. The molecule has 2 atom stereocenters. The van der Waals surface area contributed by atoms with Crippen molar-refractivity contribution in [2.75, 3.05) is 20.3 Å². The normalized spacial score (nSPS) is 23.1. The third-order valence-corrected chi connectivity index (χ3v) is 4.00. The van der Waals surface area contributed by atoms with E-state index in [9.17, 15) is 18.0 Å². The third kappa shape index (κ3) is 3.16. The van der Waals surface area contributed by atoms with Crippen LogP contribution in [0.25, 0.3) is 0 Å². The van der Waals surface area contributed by atoms with E-state index in [1.54, 1.807) is 31.5 Å². The number of hydrogen-bond donors (Lipinski definition) is 1. The molecule has 1 N–H and O–H groups in total. The minimum atomic E-state index is -4.56. The molecule has 0 unspecified atom stereocenters. The molecule has 8 heteroatoms. The Morgan fingerprint density at radius 1 is 1.45 bits per heavy atom. The van der Waals surface area contributed by atoms with Gasteiger partial charge in [-0.1, -0.05) is 0 Å². The summed E-state index contributed by atoms with van der Waals surface area (Å²) >= 11 is 0. The van der Waals surface area contributed by atoms with E-state index in [4.69, 9.17) is 4.74 Å². The number of carbonyl (C=O) groups excluding carboxylic acids is 1. The van der Waals surface area contributed by atoms with Crippen LogP contribution in [0.15, 0.2) is 24.5 Å². The second-order valence-corrected chi connectivity index (χ2v) is 5.38. The van der Waals surface area contributed by atoms with Crippen LogP contribution in [-0.4, -0.2) is 47.9 Å². The molecule has 1 saturated heterocycles. The Bertz CT molecular complexity index is 516. The van der Waals surface area contributed by atoms with Crippen molar-refractivity contribution in [3.63, 3.8) is 0 Å². The fourth-order valence-electron chi connectivity index (χ4n) is 2.29. The Hall–Kier alpha value is -1.83. The average Bonchev–Trinajstić information content (AvgIpc) is 2.96. The maximum Gasteiger partial charge on any atom is 0.413 e. The van der Waals surface area contributed by atoms with Crippen molar-refractivity contribution in [3.8, 4) is 0 Å². The Labute approximate surface area is 126 Å². The van der Waals surface area contributed by atoms with Gasteiger partial charge in [-0.2, -0.15) is 13.2 Å². The van der Waals surface area contributed by atoms with Gasteiger partial charge in [0.2, 0.25) is 0 Å². The molecule has 2 amide bonds. The van der Waals surface area contributed by atoms with E-state index in [-0.39, 0.29) is 19.1 Å². The fraction of sp³-hybridized carbons (Fsp3) is 0.571. The number of hydrogen-bond acceptors (Lipinski definition) is 3. The van der Waals surface area contributed by atoms with E-state index < -0.39 is 24.4 Å². The summed E-state index contributed by atoms with van der Waals surface area (Å²) in [5.41, 5.74) is -1.52. The molecule has 0 spiro atoms. The van der Waals surface area contributed by atoms with Gasteiger partial charge < -0.3 is 15.0 Å². The highest BCUT2D eigenvalue weighted by Crippen LogP contribution is 2.37. The quantitative estimate of drug-likeness (QED) is 0.932. The van der Waals surface area contributed by atoms with Crippen LogP contribution >= 0.6 is 0 Å². The van der Waals surface area contributed by atoms with Crippen molar-refractivity contribution >= 4 is 6.03 Å². The number of carbonyl (C=O) groups is 1. The molecule has 0 bridgehead atoms. The number of rotatable bonds is 3. The van der Waals surface area contributed by atoms with Crippen LogP contribution in [0.3, 0.4) is 0 Å². The van der Waals surface area contributed by atoms with Gasteiger partial charge in [0.15, 0.2) is 5.54 Å². The molecule has 0 aromatic carbocycles. The highest BCUT2D eigenvalue weighted by Gasteiger charge is 2.58. The summed E-state index contributed by atoms with van der Waals surface area (Å²) in [6.07, 6.45) is -1.70. The Kier molecular flexibility index (Phi) is 4.60. The number of alkyl halides is 3.